The van der Waals surface area contributed by atoms with Crippen molar-refractivity contribution in [2.75, 3.05) is 13.2 Å². The number of pyridine rings is 1. The van der Waals surface area contributed by atoms with Crippen molar-refractivity contribution in [1.82, 2.24) is 15.4 Å². The summed E-state index contributed by atoms with van der Waals surface area (Å²) in [5, 5.41) is 8.79. The van der Waals surface area contributed by atoms with Gasteiger partial charge in [-0.3, -0.25) is 19.9 Å². The van der Waals surface area contributed by atoms with Gasteiger partial charge in [-0.2, -0.15) is 0 Å². The Bertz CT molecular complexity index is 558. The van der Waals surface area contributed by atoms with Crippen LogP contribution in [-0.4, -0.2) is 46.3 Å². The normalized spacial score (nSPS) is 25.0. The molecule has 0 aromatic carbocycles. The molecule has 1 aromatic heterocycles. The third-order valence-corrected chi connectivity index (χ3v) is 4.93. The van der Waals surface area contributed by atoms with Gasteiger partial charge in [0.05, 0.1) is 11.7 Å². The maximum Gasteiger partial charge on any atom is 0.276 e. The Morgan fingerprint density at radius 1 is 1.52 bits per heavy atom. The van der Waals surface area contributed by atoms with Gasteiger partial charge in [-0.15, -0.1) is 0 Å². The zero-order valence-electron chi connectivity index (χ0n) is 13.6. The molecule has 23 heavy (non-hydrogen) atoms. The maximum absolute atomic E-state index is 11.6. The van der Waals surface area contributed by atoms with Crippen molar-refractivity contribution in [3.8, 4) is 0 Å². The molecule has 3 rings (SSSR count). The zero-order valence-corrected chi connectivity index (χ0v) is 13.6. The van der Waals surface area contributed by atoms with Crippen molar-refractivity contribution < 1.29 is 14.7 Å². The van der Waals surface area contributed by atoms with Crippen molar-refractivity contribution in [2.45, 2.75) is 57.7 Å². The van der Waals surface area contributed by atoms with Gasteiger partial charge in [0.15, 0.2) is 0 Å². The number of ether oxygens (including phenoxy) is 1. The van der Waals surface area contributed by atoms with Gasteiger partial charge in [-0.1, -0.05) is 6.92 Å². The molecule has 6 nitrogen and oxygen atoms in total. The highest BCUT2D eigenvalue weighted by Gasteiger charge is 2.29. The number of hydrogen-bond donors (Lipinski definition) is 2. The molecule has 1 amide bonds. The molecule has 2 atom stereocenters. The smallest absolute Gasteiger partial charge is 0.276 e. The van der Waals surface area contributed by atoms with Crippen LogP contribution in [0.25, 0.3) is 0 Å². The number of nitrogens with zero attached hydrogens (tertiary/aromatic N) is 2. The summed E-state index contributed by atoms with van der Waals surface area (Å²) in [6.45, 7) is 4.80. The van der Waals surface area contributed by atoms with E-state index in [1.807, 2.05) is 6.07 Å². The summed E-state index contributed by atoms with van der Waals surface area (Å²) in [5.74, 6) is -0.514. The number of fused-ring (bicyclic) bond motifs is 1. The lowest BCUT2D eigenvalue weighted by Crippen LogP contribution is -2.45. The number of hydrogen-bond acceptors (Lipinski definition) is 5. The summed E-state index contributed by atoms with van der Waals surface area (Å²) in [6.07, 6.45) is 7.37. The molecule has 1 aromatic rings. The van der Waals surface area contributed by atoms with Crippen LogP contribution in [-0.2, 0) is 17.7 Å². The summed E-state index contributed by atoms with van der Waals surface area (Å²) in [4.78, 5) is 18.5. The first-order valence-electron chi connectivity index (χ1n) is 8.49. The van der Waals surface area contributed by atoms with Crippen LogP contribution in [0.2, 0.25) is 0 Å². The Morgan fingerprint density at radius 3 is 3.09 bits per heavy atom. The monoisotopic (exact) mass is 319 g/mol. The van der Waals surface area contributed by atoms with Crippen LogP contribution < -0.4 is 5.48 Å². The molecule has 1 saturated heterocycles. The molecule has 2 N–H and O–H groups in total. The van der Waals surface area contributed by atoms with E-state index in [0.29, 0.717) is 17.7 Å². The minimum Gasteiger partial charge on any atom is -0.377 e. The molecule has 6 heteroatoms. The summed E-state index contributed by atoms with van der Waals surface area (Å²) in [5.41, 5.74) is 4.21. The lowest BCUT2D eigenvalue weighted by molar-refractivity contribution is -0.0182. The fraction of sp³-hybridized carbons (Fsp3) is 0.647. The van der Waals surface area contributed by atoms with Gasteiger partial charge < -0.3 is 4.74 Å². The quantitative estimate of drug-likeness (QED) is 0.655. The number of nitrogens with one attached hydrogen (secondary N) is 1. The molecule has 3 heterocycles. The number of carbonyl (C=O) groups excluding carboxylic acids is 1. The van der Waals surface area contributed by atoms with E-state index < -0.39 is 5.91 Å². The van der Waals surface area contributed by atoms with Gasteiger partial charge in [-0.25, -0.2) is 5.48 Å². The lowest BCUT2D eigenvalue weighted by atomic mass is 9.95. The Hall–Kier alpha value is -1.50. The predicted molar refractivity (Wildman–Crippen MR) is 85.3 cm³/mol. The van der Waals surface area contributed by atoms with Crippen molar-refractivity contribution in [1.29, 1.82) is 0 Å². The van der Waals surface area contributed by atoms with Crippen molar-refractivity contribution in [3.63, 3.8) is 0 Å². The van der Waals surface area contributed by atoms with Gasteiger partial charge >= 0.3 is 0 Å². The highest BCUT2D eigenvalue weighted by Crippen LogP contribution is 2.26. The number of carbonyl (C=O) groups is 1. The molecule has 0 unspecified atom stereocenters. The first kappa shape index (κ1) is 16.4. The fourth-order valence-electron chi connectivity index (χ4n) is 3.58. The summed E-state index contributed by atoms with van der Waals surface area (Å²) in [7, 11) is 0. The minimum absolute atomic E-state index is 0.316. The molecule has 0 spiro atoms. The van der Waals surface area contributed by atoms with E-state index in [-0.39, 0.29) is 0 Å². The molecule has 126 valence electrons. The molecule has 0 radical (unpaired) electrons. The Kier molecular flexibility index (Phi) is 5.25. The second-order valence-electron chi connectivity index (χ2n) is 6.45. The highest BCUT2D eigenvalue weighted by atomic mass is 16.5. The lowest BCUT2D eigenvalue weighted by Gasteiger charge is -2.38. The highest BCUT2D eigenvalue weighted by molar-refractivity contribution is 5.93. The average molecular weight is 319 g/mol. The molecule has 2 aliphatic heterocycles. The third-order valence-electron chi connectivity index (χ3n) is 4.93. The topological polar surface area (TPSA) is 74.7 Å². The standard InChI is InChI=1S/C17H25N3O3/c1-2-14-8-16-13(7-12(9-18-16)17(21)19-22)10-20(14)11-15-5-3-4-6-23-15/h7,9,14-15,22H,2-6,8,10-11H2,1H3,(H,19,21)/t14-,15+/m1/s1. The minimum atomic E-state index is -0.514. The van der Waals surface area contributed by atoms with Gasteiger partial charge in [0.25, 0.3) is 5.91 Å². The third kappa shape index (κ3) is 3.71. The number of aromatic nitrogens is 1. The summed E-state index contributed by atoms with van der Waals surface area (Å²) < 4.78 is 5.89. The van der Waals surface area contributed by atoms with E-state index in [9.17, 15) is 4.79 Å². The van der Waals surface area contributed by atoms with Gasteiger partial charge in [0, 0.05) is 44.0 Å². The van der Waals surface area contributed by atoms with Crippen LogP contribution in [0.1, 0.15) is 54.2 Å². The van der Waals surface area contributed by atoms with Crippen LogP contribution in [0.15, 0.2) is 12.3 Å². The largest absolute Gasteiger partial charge is 0.377 e. The van der Waals surface area contributed by atoms with Crippen LogP contribution in [0, 0.1) is 0 Å². The van der Waals surface area contributed by atoms with Gasteiger partial charge in [0.2, 0.25) is 0 Å². The first-order valence-corrected chi connectivity index (χ1v) is 8.49. The SMILES string of the molecule is CC[C@@H]1Cc2ncc(C(=O)NO)cc2CN1C[C@@H]1CCCCO1. The van der Waals surface area contributed by atoms with Crippen molar-refractivity contribution in [2.24, 2.45) is 0 Å². The molecule has 0 aliphatic carbocycles. The van der Waals surface area contributed by atoms with Gasteiger partial charge in [-0.05, 0) is 37.3 Å². The van der Waals surface area contributed by atoms with E-state index in [1.165, 1.54) is 19.0 Å². The van der Waals surface area contributed by atoms with E-state index in [4.69, 9.17) is 9.94 Å². The van der Waals surface area contributed by atoms with E-state index in [1.54, 1.807) is 5.48 Å². The second-order valence-corrected chi connectivity index (χ2v) is 6.45. The number of hydroxylamine groups is 1. The summed E-state index contributed by atoms with van der Waals surface area (Å²) in [6, 6.07) is 2.31. The fourth-order valence-corrected chi connectivity index (χ4v) is 3.58. The van der Waals surface area contributed by atoms with E-state index >= 15 is 0 Å². The summed E-state index contributed by atoms with van der Waals surface area (Å²) >= 11 is 0. The maximum atomic E-state index is 11.6. The molecule has 0 saturated carbocycles. The number of amides is 1. The van der Waals surface area contributed by atoms with Crippen LogP contribution in [0.4, 0.5) is 0 Å². The zero-order chi connectivity index (χ0) is 16.2. The first-order chi connectivity index (χ1) is 11.2. The van der Waals surface area contributed by atoms with E-state index in [0.717, 1.165) is 50.2 Å². The molecular weight excluding hydrogens is 294 g/mol. The Labute approximate surface area is 136 Å². The molecule has 0 bridgehead atoms. The van der Waals surface area contributed by atoms with Crippen molar-refractivity contribution >= 4 is 5.91 Å². The molecular formula is C17H25N3O3. The Balaban J connectivity index is 1.76. The van der Waals surface area contributed by atoms with Crippen LogP contribution in [0.3, 0.4) is 0 Å². The second kappa shape index (κ2) is 7.38. The Morgan fingerprint density at radius 2 is 2.39 bits per heavy atom. The van der Waals surface area contributed by atoms with E-state index in [2.05, 4.69) is 16.8 Å². The predicted octanol–water partition coefficient (Wildman–Crippen LogP) is 1.91. The molecule has 1 fully saturated rings. The van der Waals surface area contributed by atoms with Crippen molar-refractivity contribution in [3.05, 3.63) is 29.1 Å². The number of rotatable bonds is 4. The van der Waals surface area contributed by atoms with Gasteiger partial charge in [0.1, 0.15) is 0 Å². The van der Waals surface area contributed by atoms with Crippen LogP contribution in [0.5, 0.6) is 0 Å². The molecule has 2 aliphatic rings. The average Bonchev–Trinajstić information content (AvgIpc) is 2.60. The van der Waals surface area contributed by atoms with Crippen LogP contribution >= 0.6 is 0 Å².